The molecule has 1 aliphatic heterocycles. The van der Waals surface area contributed by atoms with Crippen LogP contribution >= 0.6 is 0 Å². The lowest BCUT2D eigenvalue weighted by Crippen LogP contribution is -2.40. The highest BCUT2D eigenvalue weighted by Gasteiger charge is 2.46. The monoisotopic (exact) mass is 363 g/mol. The molecule has 1 aromatic rings. The summed E-state index contributed by atoms with van der Waals surface area (Å²) in [5, 5.41) is 9.43. The summed E-state index contributed by atoms with van der Waals surface area (Å²) >= 11 is 0. The zero-order valence-corrected chi connectivity index (χ0v) is 15.2. The molecule has 7 heteroatoms. The molecular formula is C19H25NO6. The SMILES string of the molecule is COCC1(C(=O)O)CCN(C(=O)CCCOc2ccc(C(C)=O)cc2)C1. The van der Waals surface area contributed by atoms with Gasteiger partial charge in [-0.15, -0.1) is 0 Å². The van der Waals surface area contributed by atoms with Crippen LogP contribution in [0.2, 0.25) is 0 Å². The number of amides is 1. The van der Waals surface area contributed by atoms with Crippen LogP contribution in [-0.2, 0) is 14.3 Å². The minimum Gasteiger partial charge on any atom is -0.494 e. The lowest BCUT2D eigenvalue weighted by molar-refractivity contribution is -0.151. The van der Waals surface area contributed by atoms with E-state index in [9.17, 15) is 19.5 Å². The second kappa shape index (κ2) is 8.80. The fourth-order valence-corrected chi connectivity index (χ4v) is 3.07. The number of hydrogen-bond acceptors (Lipinski definition) is 5. The Morgan fingerprint density at radius 2 is 1.92 bits per heavy atom. The lowest BCUT2D eigenvalue weighted by atomic mass is 9.88. The number of carbonyl (C=O) groups excluding carboxylic acids is 2. The van der Waals surface area contributed by atoms with E-state index in [1.807, 2.05) is 0 Å². The van der Waals surface area contributed by atoms with Crippen LogP contribution in [-0.4, -0.2) is 61.1 Å². The summed E-state index contributed by atoms with van der Waals surface area (Å²) in [5.41, 5.74) is -0.376. The van der Waals surface area contributed by atoms with Crippen LogP contribution in [0.25, 0.3) is 0 Å². The van der Waals surface area contributed by atoms with E-state index in [0.717, 1.165) is 0 Å². The molecule has 0 radical (unpaired) electrons. The van der Waals surface area contributed by atoms with Gasteiger partial charge in [0.1, 0.15) is 11.2 Å². The number of Topliss-reactive ketones (excluding diaryl/α,β-unsaturated/α-hetero) is 1. The smallest absolute Gasteiger partial charge is 0.313 e. The molecule has 142 valence electrons. The predicted octanol–water partition coefficient (Wildman–Crippen LogP) is 2.00. The summed E-state index contributed by atoms with van der Waals surface area (Å²) in [6.45, 7) is 2.60. The van der Waals surface area contributed by atoms with Crippen molar-refractivity contribution in [2.45, 2.75) is 26.2 Å². The van der Waals surface area contributed by atoms with Gasteiger partial charge in [0.15, 0.2) is 5.78 Å². The van der Waals surface area contributed by atoms with Crippen molar-refractivity contribution >= 4 is 17.7 Å². The summed E-state index contributed by atoms with van der Waals surface area (Å²) in [7, 11) is 1.47. The van der Waals surface area contributed by atoms with Gasteiger partial charge >= 0.3 is 5.97 Å². The fourth-order valence-electron chi connectivity index (χ4n) is 3.07. The summed E-state index contributed by atoms with van der Waals surface area (Å²) in [4.78, 5) is 36.6. The molecule has 1 heterocycles. The van der Waals surface area contributed by atoms with Gasteiger partial charge in [-0.25, -0.2) is 0 Å². The van der Waals surface area contributed by atoms with Crippen LogP contribution in [0.5, 0.6) is 5.75 Å². The number of carboxylic acid groups (broad SMARTS) is 1. The maximum atomic E-state index is 12.3. The highest BCUT2D eigenvalue weighted by molar-refractivity contribution is 5.94. The van der Waals surface area contributed by atoms with E-state index in [-0.39, 0.29) is 24.8 Å². The molecule has 26 heavy (non-hydrogen) atoms. The average Bonchev–Trinajstić information content (AvgIpc) is 3.05. The molecule has 1 N–H and O–H groups in total. The van der Waals surface area contributed by atoms with E-state index in [0.29, 0.717) is 43.7 Å². The molecule has 1 fully saturated rings. The molecule has 0 bridgehead atoms. The van der Waals surface area contributed by atoms with Gasteiger partial charge in [-0.1, -0.05) is 0 Å². The van der Waals surface area contributed by atoms with Crippen LogP contribution in [0, 0.1) is 5.41 Å². The second-order valence-electron chi connectivity index (χ2n) is 6.62. The van der Waals surface area contributed by atoms with E-state index in [1.165, 1.54) is 14.0 Å². The Balaban J connectivity index is 1.75. The number of carboxylic acids is 1. The molecule has 1 aromatic carbocycles. The van der Waals surface area contributed by atoms with Crippen LogP contribution in [0.1, 0.15) is 36.5 Å². The average molecular weight is 363 g/mol. The van der Waals surface area contributed by atoms with Gasteiger partial charge in [0.25, 0.3) is 0 Å². The Kier molecular flexibility index (Phi) is 6.74. The summed E-state index contributed by atoms with van der Waals surface area (Å²) in [6, 6.07) is 6.86. The van der Waals surface area contributed by atoms with Gasteiger partial charge in [-0.05, 0) is 44.0 Å². The van der Waals surface area contributed by atoms with E-state index >= 15 is 0 Å². The lowest BCUT2D eigenvalue weighted by Gasteiger charge is -2.23. The Morgan fingerprint density at radius 1 is 1.23 bits per heavy atom. The molecule has 7 nitrogen and oxygen atoms in total. The Morgan fingerprint density at radius 3 is 2.50 bits per heavy atom. The van der Waals surface area contributed by atoms with Crippen molar-refractivity contribution in [3.8, 4) is 5.75 Å². The molecule has 0 spiro atoms. The molecule has 0 aliphatic carbocycles. The van der Waals surface area contributed by atoms with Crippen LogP contribution in [0.3, 0.4) is 0 Å². The Bertz CT molecular complexity index is 656. The van der Waals surface area contributed by atoms with Crippen molar-refractivity contribution in [1.29, 1.82) is 0 Å². The zero-order valence-electron chi connectivity index (χ0n) is 15.2. The number of nitrogens with zero attached hydrogens (tertiary/aromatic N) is 1. The number of hydrogen-bond donors (Lipinski definition) is 1. The zero-order chi connectivity index (χ0) is 19.2. The second-order valence-corrected chi connectivity index (χ2v) is 6.62. The van der Waals surface area contributed by atoms with Crippen molar-refractivity contribution < 1.29 is 29.0 Å². The van der Waals surface area contributed by atoms with E-state index < -0.39 is 11.4 Å². The fraction of sp³-hybridized carbons (Fsp3) is 0.526. The highest BCUT2D eigenvalue weighted by Crippen LogP contribution is 2.31. The Labute approximate surface area is 152 Å². The van der Waals surface area contributed by atoms with Crippen molar-refractivity contribution in [3.63, 3.8) is 0 Å². The first-order valence-electron chi connectivity index (χ1n) is 8.62. The van der Waals surface area contributed by atoms with E-state index in [4.69, 9.17) is 9.47 Å². The van der Waals surface area contributed by atoms with Crippen molar-refractivity contribution in [1.82, 2.24) is 4.90 Å². The summed E-state index contributed by atoms with van der Waals surface area (Å²) in [5.74, 6) is -0.348. The Hall–Kier alpha value is -2.41. The molecule has 0 aromatic heterocycles. The van der Waals surface area contributed by atoms with Crippen molar-refractivity contribution in [3.05, 3.63) is 29.8 Å². The first-order chi connectivity index (χ1) is 12.4. The third-order valence-electron chi connectivity index (χ3n) is 4.65. The number of methoxy groups -OCH3 is 1. The number of benzene rings is 1. The minimum atomic E-state index is -1.00. The largest absolute Gasteiger partial charge is 0.494 e. The van der Waals surface area contributed by atoms with Gasteiger partial charge in [0, 0.05) is 32.2 Å². The number of carbonyl (C=O) groups is 3. The third kappa shape index (κ3) is 4.82. The molecule has 1 unspecified atom stereocenters. The maximum Gasteiger partial charge on any atom is 0.313 e. The van der Waals surface area contributed by atoms with Gasteiger partial charge in [-0.3, -0.25) is 14.4 Å². The van der Waals surface area contributed by atoms with Gasteiger partial charge in [0.2, 0.25) is 5.91 Å². The molecule has 2 rings (SSSR count). The van der Waals surface area contributed by atoms with Crippen LogP contribution < -0.4 is 4.74 Å². The highest BCUT2D eigenvalue weighted by atomic mass is 16.5. The summed E-state index contributed by atoms with van der Waals surface area (Å²) < 4.78 is 10.6. The topological polar surface area (TPSA) is 93.1 Å². The number of ketones is 1. The van der Waals surface area contributed by atoms with Crippen molar-refractivity contribution in [2.75, 3.05) is 33.4 Å². The van der Waals surface area contributed by atoms with Crippen molar-refractivity contribution in [2.24, 2.45) is 5.41 Å². The quantitative estimate of drug-likeness (QED) is 0.533. The minimum absolute atomic E-state index is 0.00123. The number of aliphatic carboxylic acids is 1. The number of ether oxygens (including phenoxy) is 2. The van der Waals surface area contributed by atoms with Gasteiger partial charge in [0.05, 0.1) is 13.2 Å². The standard InChI is InChI=1S/C19H25NO6/c1-14(21)15-5-7-16(8-6-15)26-11-3-4-17(22)20-10-9-19(12-20,13-25-2)18(23)24/h5-8H,3-4,9-13H2,1-2H3,(H,23,24). The van der Waals surface area contributed by atoms with E-state index in [2.05, 4.69) is 0 Å². The van der Waals surface area contributed by atoms with Crippen LogP contribution in [0.4, 0.5) is 0 Å². The predicted molar refractivity (Wildman–Crippen MR) is 94.3 cm³/mol. The molecular weight excluding hydrogens is 338 g/mol. The molecule has 0 saturated carbocycles. The molecule has 1 saturated heterocycles. The third-order valence-corrected chi connectivity index (χ3v) is 4.65. The molecule has 1 amide bonds. The maximum absolute atomic E-state index is 12.3. The first-order valence-corrected chi connectivity index (χ1v) is 8.62. The van der Waals surface area contributed by atoms with E-state index in [1.54, 1.807) is 29.2 Å². The van der Waals surface area contributed by atoms with Gasteiger partial charge < -0.3 is 19.5 Å². The van der Waals surface area contributed by atoms with Crippen LogP contribution in [0.15, 0.2) is 24.3 Å². The van der Waals surface area contributed by atoms with Gasteiger partial charge in [-0.2, -0.15) is 0 Å². The normalized spacial score (nSPS) is 19.4. The number of likely N-dealkylation sites (tertiary alicyclic amines) is 1. The number of rotatable bonds is 9. The molecule has 1 atom stereocenters. The first kappa shape index (κ1) is 19.9. The molecule has 1 aliphatic rings. The summed E-state index contributed by atoms with van der Waals surface area (Å²) in [6.07, 6.45) is 1.24.